The zero-order valence-corrected chi connectivity index (χ0v) is 14.1. The molecule has 0 heterocycles. The van der Waals surface area contributed by atoms with Crippen LogP contribution in [-0.2, 0) is 0 Å². The van der Waals surface area contributed by atoms with Crippen molar-refractivity contribution in [3.63, 3.8) is 0 Å². The van der Waals surface area contributed by atoms with Crippen molar-refractivity contribution in [3.8, 4) is 0 Å². The minimum atomic E-state index is 0.472. The van der Waals surface area contributed by atoms with Crippen molar-refractivity contribution in [2.75, 3.05) is 20.6 Å². The van der Waals surface area contributed by atoms with Crippen molar-refractivity contribution in [1.82, 2.24) is 10.2 Å². The molecule has 1 aromatic rings. The molecule has 0 saturated heterocycles. The molecule has 0 aliphatic heterocycles. The largest absolute Gasteiger partial charge is 0.313 e. The van der Waals surface area contributed by atoms with Crippen LogP contribution in [0.5, 0.6) is 0 Å². The fourth-order valence-electron chi connectivity index (χ4n) is 3.65. The quantitative estimate of drug-likeness (QED) is 0.785. The second-order valence-electron chi connectivity index (χ2n) is 6.61. The van der Waals surface area contributed by atoms with Gasteiger partial charge in [0.2, 0.25) is 0 Å². The lowest BCUT2D eigenvalue weighted by atomic mass is 9.98. The lowest BCUT2D eigenvalue weighted by molar-refractivity contribution is 0.211. The maximum Gasteiger partial charge on any atom is 0.0332 e. The molecule has 1 N–H and O–H groups in total. The zero-order valence-electron chi connectivity index (χ0n) is 14.1. The van der Waals surface area contributed by atoms with Gasteiger partial charge in [0, 0.05) is 12.1 Å². The van der Waals surface area contributed by atoms with Crippen LogP contribution in [0, 0.1) is 6.92 Å². The predicted octanol–water partition coefficient (Wildman–Crippen LogP) is 4.30. The number of rotatable bonds is 6. The number of hydrogen-bond donors (Lipinski definition) is 1. The Balaban J connectivity index is 1.89. The van der Waals surface area contributed by atoms with Gasteiger partial charge in [-0.1, -0.05) is 49.9 Å². The van der Waals surface area contributed by atoms with E-state index in [9.17, 15) is 0 Å². The van der Waals surface area contributed by atoms with Crippen molar-refractivity contribution in [2.24, 2.45) is 0 Å². The molecule has 0 amide bonds. The fourth-order valence-corrected chi connectivity index (χ4v) is 3.65. The highest BCUT2D eigenvalue weighted by atomic mass is 15.1. The summed E-state index contributed by atoms with van der Waals surface area (Å²) in [5, 5.41) is 3.50. The monoisotopic (exact) mass is 288 g/mol. The SMILES string of the molecule is CNC(CCN(C)C1CCCCCC1)c1ccccc1C. The third kappa shape index (κ3) is 4.82. The highest BCUT2D eigenvalue weighted by Gasteiger charge is 2.18. The highest BCUT2D eigenvalue weighted by molar-refractivity contribution is 5.28. The van der Waals surface area contributed by atoms with E-state index in [0.29, 0.717) is 6.04 Å². The highest BCUT2D eigenvalue weighted by Crippen LogP contribution is 2.24. The first-order chi connectivity index (χ1) is 10.2. The van der Waals surface area contributed by atoms with Crippen LogP contribution in [0.15, 0.2) is 24.3 Å². The van der Waals surface area contributed by atoms with E-state index < -0.39 is 0 Å². The normalized spacial score (nSPS) is 18.7. The Labute approximate surface area is 130 Å². The van der Waals surface area contributed by atoms with E-state index in [0.717, 1.165) is 6.04 Å². The molecule has 1 saturated carbocycles. The standard InChI is InChI=1S/C19H32N2/c1-16-10-8-9-13-18(16)19(20-2)14-15-21(3)17-11-6-4-5-7-12-17/h8-10,13,17,19-20H,4-7,11-12,14-15H2,1-3H3. The molecule has 1 fully saturated rings. The average molecular weight is 288 g/mol. The Hall–Kier alpha value is -0.860. The second-order valence-corrected chi connectivity index (χ2v) is 6.61. The van der Waals surface area contributed by atoms with Crippen LogP contribution in [0.2, 0.25) is 0 Å². The Morgan fingerprint density at radius 1 is 1.14 bits per heavy atom. The van der Waals surface area contributed by atoms with Gasteiger partial charge in [-0.25, -0.2) is 0 Å². The van der Waals surface area contributed by atoms with E-state index in [1.165, 1.54) is 62.6 Å². The van der Waals surface area contributed by atoms with Crippen LogP contribution < -0.4 is 5.32 Å². The number of nitrogens with one attached hydrogen (secondary N) is 1. The lowest BCUT2D eigenvalue weighted by Crippen LogP contribution is -2.34. The summed E-state index contributed by atoms with van der Waals surface area (Å²) in [5.41, 5.74) is 2.85. The molecule has 1 unspecified atom stereocenters. The summed E-state index contributed by atoms with van der Waals surface area (Å²) in [6.45, 7) is 3.40. The van der Waals surface area contributed by atoms with Gasteiger partial charge in [0.25, 0.3) is 0 Å². The molecule has 0 spiro atoms. The summed E-state index contributed by atoms with van der Waals surface area (Å²) >= 11 is 0. The molecule has 2 heteroatoms. The van der Waals surface area contributed by atoms with Crippen molar-refractivity contribution < 1.29 is 0 Å². The molecule has 1 aliphatic rings. The second kappa shape index (κ2) is 8.55. The number of aryl methyl sites for hydroxylation is 1. The predicted molar refractivity (Wildman–Crippen MR) is 91.7 cm³/mol. The molecular weight excluding hydrogens is 256 g/mol. The van der Waals surface area contributed by atoms with Gasteiger partial charge in [0.1, 0.15) is 0 Å². The summed E-state index contributed by atoms with van der Waals surface area (Å²) in [5.74, 6) is 0. The van der Waals surface area contributed by atoms with Crippen LogP contribution in [0.1, 0.15) is 62.1 Å². The maximum atomic E-state index is 3.50. The molecule has 0 radical (unpaired) electrons. The Morgan fingerprint density at radius 2 is 1.81 bits per heavy atom. The minimum Gasteiger partial charge on any atom is -0.313 e. The van der Waals surface area contributed by atoms with Crippen LogP contribution in [0.4, 0.5) is 0 Å². The van der Waals surface area contributed by atoms with Gasteiger partial charge in [-0.3, -0.25) is 0 Å². The molecule has 1 aliphatic carbocycles. The van der Waals surface area contributed by atoms with E-state index in [4.69, 9.17) is 0 Å². The number of hydrogen-bond acceptors (Lipinski definition) is 2. The summed E-state index contributed by atoms with van der Waals surface area (Å²) in [6.07, 6.45) is 9.69. The van der Waals surface area contributed by atoms with Crippen LogP contribution >= 0.6 is 0 Å². The van der Waals surface area contributed by atoms with Gasteiger partial charge in [-0.2, -0.15) is 0 Å². The maximum absolute atomic E-state index is 3.50. The van der Waals surface area contributed by atoms with Crippen LogP contribution in [0.25, 0.3) is 0 Å². The molecule has 2 nitrogen and oxygen atoms in total. The number of nitrogens with zero attached hydrogens (tertiary/aromatic N) is 1. The Bertz CT molecular complexity index is 408. The Morgan fingerprint density at radius 3 is 2.43 bits per heavy atom. The molecule has 0 aromatic heterocycles. The first kappa shape index (κ1) is 16.5. The van der Waals surface area contributed by atoms with Crippen molar-refractivity contribution in [3.05, 3.63) is 35.4 Å². The lowest BCUT2D eigenvalue weighted by Gasteiger charge is -2.29. The van der Waals surface area contributed by atoms with E-state index >= 15 is 0 Å². The van der Waals surface area contributed by atoms with Crippen molar-refractivity contribution in [2.45, 2.75) is 64.0 Å². The third-order valence-corrected chi connectivity index (χ3v) is 5.13. The van der Waals surface area contributed by atoms with Gasteiger partial charge in [0.15, 0.2) is 0 Å². The smallest absolute Gasteiger partial charge is 0.0332 e. The number of benzene rings is 1. The Kier molecular flexibility index (Phi) is 6.72. The molecule has 0 bridgehead atoms. The average Bonchev–Trinajstić information content (AvgIpc) is 2.78. The van der Waals surface area contributed by atoms with Crippen molar-refractivity contribution >= 4 is 0 Å². The summed E-state index contributed by atoms with van der Waals surface area (Å²) in [6, 6.07) is 10.0. The topological polar surface area (TPSA) is 15.3 Å². The summed E-state index contributed by atoms with van der Waals surface area (Å²) in [7, 11) is 4.41. The van der Waals surface area contributed by atoms with E-state index in [1.54, 1.807) is 0 Å². The fraction of sp³-hybridized carbons (Fsp3) is 0.684. The molecule has 1 atom stereocenters. The van der Waals surface area contributed by atoms with Crippen LogP contribution in [-0.4, -0.2) is 31.6 Å². The molecule has 118 valence electrons. The minimum absolute atomic E-state index is 0.472. The zero-order chi connectivity index (χ0) is 15.1. The summed E-state index contributed by atoms with van der Waals surface area (Å²) in [4.78, 5) is 2.61. The van der Waals surface area contributed by atoms with Gasteiger partial charge >= 0.3 is 0 Å². The van der Waals surface area contributed by atoms with E-state index in [-0.39, 0.29) is 0 Å². The van der Waals surface area contributed by atoms with Crippen LogP contribution in [0.3, 0.4) is 0 Å². The molecular formula is C19H32N2. The molecule has 1 aromatic carbocycles. The first-order valence-electron chi connectivity index (χ1n) is 8.65. The summed E-state index contributed by atoms with van der Waals surface area (Å²) < 4.78 is 0. The third-order valence-electron chi connectivity index (χ3n) is 5.13. The van der Waals surface area contributed by atoms with E-state index in [1.807, 2.05) is 0 Å². The van der Waals surface area contributed by atoms with E-state index in [2.05, 4.69) is 55.5 Å². The van der Waals surface area contributed by atoms with Gasteiger partial charge in [-0.05, 0) is 58.0 Å². The van der Waals surface area contributed by atoms with Gasteiger partial charge < -0.3 is 10.2 Å². The first-order valence-corrected chi connectivity index (χ1v) is 8.65. The molecule has 2 rings (SSSR count). The molecule has 21 heavy (non-hydrogen) atoms. The van der Waals surface area contributed by atoms with Gasteiger partial charge in [-0.15, -0.1) is 0 Å². The van der Waals surface area contributed by atoms with Gasteiger partial charge in [0.05, 0.1) is 0 Å². The van der Waals surface area contributed by atoms with Crippen molar-refractivity contribution in [1.29, 1.82) is 0 Å².